The number of para-hydroxylation sites is 1. The lowest BCUT2D eigenvalue weighted by molar-refractivity contribution is -0.274. The maximum Gasteiger partial charge on any atom is 0.573 e. The summed E-state index contributed by atoms with van der Waals surface area (Å²) in [5.41, 5.74) is 1.90. The molecule has 0 saturated carbocycles. The van der Waals surface area contributed by atoms with E-state index >= 15 is 0 Å². The fraction of sp³-hybridized carbons (Fsp3) is 0.294. The highest BCUT2D eigenvalue weighted by Crippen LogP contribution is 2.26. The minimum atomic E-state index is -4.80. The number of aromatic nitrogens is 4. The third kappa shape index (κ3) is 5.12. The van der Waals surface area contributed by atoms with Gasteiger partial charge in [0.05, 0.1) is 5.75 Å². The van der Waals surface area contributed by atoms with Crippen molar-refractivity contribution in [1.29, 1.82) is 0 Å². The number of rotatable bonds is 6. The van der Waals surface area contributed by atoms with Crippen LogP contribution in [0, 0.1) is 13.8 Å². The van der Waals surface area contributed by atoms with Crippen LogP contribution in [0.25, 0.3) is 5.78 Å². The number of fused-ring (bicyclic) bond motifs is 1. The first kappa shape index (κ1) is 19.9. The van der Waals surface area contributed by atoms with Crippen molar-refractivity contribution in [1.82, 2.24) is 24.9 Å². The molecule has 7 nitrogen and oxygen atoms in total. The number of carbonyl (C=O) groups excluding carboxylic acids is 1. The fourth-order valence-electron chi connectivity index (χ4n) is 2.46. The van der Waals surface area contributed by atoms with Crippen molar-refractivity contribution in [3.63, 3.8) is 0 Å². The number of aryl methyl sites for hydroxylation is 2. The van der Waals surface area contributed by atoms with Crippen LogP contribution >= 0.6 is 11.8 Å². The van der Waals surface area contributed by atoms with Crippen LogP contribution in [-0.4, -0.2) is 37.6 Å². The quantitative estimate of drug-likeness (QED) is 0.628. The molecule has 0 spiro atoms. The number of amides is 1. The lowest BCUT2D eigenvalue weighted by atomic mass is 10.2. The summed E-state index contributed by atoms with van der Waals surface area (Å²) in [6.07, 6.45) is -4.80. The van der Waals surface area contributed by atoms with Gasteiger partial charge in [-0.25, -0.2) is 9.50 Å². The minimum absolute atomic E-state index is 0.0111. The van der Waals surface area contributed by atoms with Crippen molar-refractivity contribution >= 4 is 23.4 Å². The third-order valence-corrected chi connectivity index (χ3v) is 4.44. The van der Waals surface area contributed by atoms with E-state index in [1.54, 1.807) is 10.6 Å². The molecule has 0 unspecified atom stereocenters. The van der Waals surface area contributed by atoms with Crippen LogP contribution in [0.2, 0.25) is 0 Å². The van der Waals surface area contributed by atoms with Crippen LogP contribution in [0.3, 0.4) is 0 Å². The van der Waals surface area contributed by atoms with Gasteiger partial charge in [0.25, 0.3) is 5.78 Å². The molecule has 0 aliphatic heterocycles. The van der Waals surface area contributed by atoms with E-state index in [-0.39, 0.29) is 29.5 Å². The number of carbonyl (C=O) groups is 1. The van der Waals surface area contributed by atoms with Crippen molar-refractivity contribution in [2.24, 2.45) is 0 Å². The van der Waals surface area contributed by atoms with Gasteiger partial charge in [-0.2, -0.15) is 4.98 Å². The van der Waals surface area contributed by atoms with Gasteiger partial charge in [-0.3, -0.25) is 4.79 Å². The SMILES string of the molecule is Cc1cc(C)n2nc(SCC(=O)NCc3ccccc3OC(F)(F)F)nc2n1. The second-order valence-corrected chi connectivity index (χ2v) is 6.81. The van der Waals surface area contributed by atoms with Crippen molar-refractivity contribution in [2.75, 3.05) is 5.75 Å². The van der Waals surface area contributed by atoms with E-state index in [0.29, 0.717) is 10.9 Å². The summed E-state index contributed by atoms with van der Waals surface area (Å²) < 4.78 is 42.9. The number of thioether (sulfide) groups is 1. The van der Waals surface area contributed by atoms with Gasteiger partial charge >= 0.3 is 6.36 Å². The molecule has 3 rings (SSSR count). The van der Waals surface area contributed by atoms with E-state index in [1.807, 2.05) is 19.9 Å². The molecular formula is C17H16F3N5O2S. The summed E-state index contributed by atoms with van der Waals surface area (Å²) in [7, 11) is 0. The first-order valence-electron chi connectivity index (χ1n) is 8.15. The van der Waals surface area contributed by atoms with Gasteiger partial charge in [0.2, 0.25) is 11.1 Å². The molecule has 148 valence electrons. The molecule has 1 amide bonds. The average molecular weight is 411 g/mol. The molecule has 2 aromatic heterocycles. The monoisotopic (exact) mass is 411 g/mol. The summed E-state index contributed by atoms with van der Waals surface area (Å²) in [6.45, 7) is 3.63. The Kier molecular flexibility index (Phi) is 5.73. The molecule has 1 N–H and O–H groups in total. The summed E-state index contributed by atoms with van der Waals surface area (Å²) in [5.74, 6) is -0.260. The lowest BCUT2D eigenvalue weighted by Crippen LogP contribution is -2.25. The van der Waals surface area contributed by atoms with E-state index in [0.717, 1.165) is 23.1 Å². The maximum absolute atomic E-state index is 12.4. The highest BCUT2D eigenvalue weighted by molar-refractivity contribution is 7.99. The molecule has 0 aliphatic rings. The smallest absolute Gasteiger partial charge is 0.405 e. The first-order chi connectivity index (χ1) is 13.2. The van der Waals surface area contributed by atoms with Crippen LogP contribution in [-0.2, 0) is 11.3 Å². The Balaban J connectivity index is 1.58. The van der Waals surface area contributed by atoms with Crippen molar-refractivity contribution in [3.8, 4) is 5.75 Å². The Bertz CT molecular complexity index is 1010. The number of alkyl halides is 3. The highest BCUT2D eigenvalue weighted by atomic mass is 32.2. The highest BCUT2D eigenvalue weighted by Gasteiger charge is 2.32. The van der Waals surface area contributed by atoms with Crippen molar-refractivity contribution in [3.05, 3.63) is 47.3 Å². The zero-order chi connectivity index (χ0) is 20.3. The van der Waals surface area contributed by atoms with E-state index < -0.39 is 6.36 Å². The molecule has 2 heterocycles. The number of hydrogen-bond donors (Lipinski definition) is 1. The van der Waals surface area contributed by atoms with E-state index in [4.69, 9.17) is 0 Å². The molecule has 0 radical (unpaired) electrons. The maximum atomic E-state index is 12.4. The Morgan fingerprint density at radius 2 is 2.00 bits per heavy atom. The Labute approximate surface area is 162 Å². The number of nitrogens with zero attached hydrogens (tertiary/aromatic N) is 4. The Morgan fingerprint density at radius 1 is 1.25 bits per heavy atom. The minimum Gasteiger partial charge on any atom is -0.405 e. The molecule has 1 aromatic carbocycles. The predicted molar refractivity (Wildman–Crippen MR) is 96.0 cm³/mol. The number of hydrogen-bond acceptors (Lipinski definition) is 6. The van der Waals surface area contributed by atoms with Gasteiger partial charge in [-0.1, -0.05) is 30.0 Å². The zero-order valence-electron chi connectivity index (χ0n) is 14.9. The fourth-order valence-corrected chi connectivity index (χ4v) is 3.11. The van der Waals surface area contributed by atoms with Gasteiger partial charge in [0, 0.05) is 23.5 Å². The molecule has 3 aromatic rings. The van der Waals surface area contributed by atoms with Crippen LogP contribution in [0.4, 0.5) is 13.2 Å². The second-order valence-electron chi connectivity index (χ2n) is 5.87. The largest absolute Gasteiger partial charge is 0.573 e. The number of ether oxygens (including phenoxy) is 1. The zero-order valence-corrected chi connectivity index (χ0v) is 15.8. The average Bonchev–Trinajstić information content (AvgIpc) is 3.01. The predicted octanol–water partition coefficient (Wildman–Crippen LogP) is 3.05. The number of nitrogens with one attached hydrogen (secondary N) is 1. The summed E-state index contributed by atoms with van der Waals surface area (Å²) in [6, 6.07) is 7.51. The molecule has 0 atom stereocenters. The van der Waals surface area contributed by atoms with Crippen LogP contribution < -0.4 is 10.1 Å². The molecule has 0 bridgehead atoms. The standard InChI is InChI=1S/C17H16F3N5O2S/c1-10-7-11(2)25-15(22-10)23-16(24-25)28-9-14(26)21-8-12-5-3-4-6-13(12)27-17(18,19)20/h3-7H,8-9H2,1-2H3,(H,21,26). The van der Waals surface area contributed by atoms with Crippen LogP contribution in [0.1, 0.15) is 17.0 Å². The van der Waals surface area contributed by atoms with Crippen LogP contribution in [0.15, 0.2) is 35.5 Å². The molecular weight excluding hydrogens is 395 g/mol. The van der Waals surface area contributed by atoms with E-state index in [1.165, 1.54) is 18.2 Å². The molecule has 0 saturated heterocycles. The number of benzene rings is 1. The summed E-state index contributed by atoms with van der Waals surface area (Å²) in [5, 5.41) is 7.23. The topological polar surface area (TPSA) is 81.4 Å². The molecule has 0 aliphatic carbocycles. The van der Waals surface area contributed by atoms with Crippen LogP contribution in [0.5, 0.6) is 5.75 Å². The van der Waals surface area contributed by atoms with Gasteiger partial charge in [-0.05, 0) is 26.0 Å². The van der Waals surface area contributed by atoms with Crippen molar-refractivity contribution in [2.45, 2.75) is 31.9 Å². The Hall–Kier alpha value is -2.82. The van der Waals surface area contributed by atoms with Crippen molar-refractivity contribution < 1.29 is 22.7 Å². The van der Waals surface area contributed by atoms with Gasteiger partial charge in [0.15, 0.2) is 0 Å². The van der Waals surface area contributed by atoms with Gasteiger partial charge in [-0.15, -0.1) is 18.3 Å². The third-order valence-electron chi connectivity index (χ3n) is 3.61. The van der Waals surface area contributed by atoms with Gasteiger partial charge < -0.3 is 10.1 Å². The normalized spacial score (nSPS) is 11.6. The first-order valence-corrected chi connectivity index (χ1v) is 9.14. The lowest BCUT2D eigenvalue weighted by Gasteiger charge is -2.13. The van der Waals surface area contributed by atoms with E-state index in [2.05, 4.69) is 25.1 Å². The molecule has 0 fully saturated rings. The van der Waals surface area contributed by atoms with Gasteiger partial charge in [0.1, 0.15) is 5.75 Å². The second kappa shape index (κ2) is 8.05. The summed E-state index contributed by atoms with van der Waals surface area (Å²) in [4.78, 5) is 20.6. The number of halogens is 3. The summed E-state index contributed by atoms with van der Waals surface area (Å²) >= 11 is 1.11. The Morgan fingerprint density at radius 3 is 2.75 bits per heavy atom. The molecule has 11 heteroatoms. The molecule has 28 heavy (non-hydrogen) atoms. The van der Waals surface area contributed by atoms with E-state index in [9.17, 15) is 18.0 Å².